The van der Waals surface area contributed by atoms with Crippen LogP contribution < -0.4 is 14.4 Å². The van der Waals surface area contributed by atoms with E-state index in [1.165, 1.54) is 116 Å². The van der Waals surface area contributed by atoms with E-state index in [-0.39, 0.29) is 0 Å². The lowest BCUT2D eigenvalue weighted by Crippen LogP contribution is -2.27. The summed E-state index contributed by atoms with van der Waals surface area (Å²) in [4.78, 5) is 12.5. The molecule has 3 rings (SSSR count). The summed E-state index contributed by atoms with van der Waals surface area (Å²) >= 11 is 0. The van der Waals surface area contributed by atoms with E-state index in [1.54, 1.807) is 0 Å². The molecule has 3 aromatic rings. The van der Waals surface area contributed by atoms with Crippen molar-refractivity contribution in [2.24, 2.45) is 0 Å². The van der Waals surface area contributed by atoms with Crippen LogP contribution in [-0.4, -0.2) is 6.47 Å². The largest absolute Gasteiger partial charge is 0.583 e. The fraction of sp³-hybridized carbons (Fsp3) is 0.587. The lowest BCUT2D eigenvalue weighted by molar-refractivity contribution is -0.121. The third-order valence-corrected chi connectivity index (χ3v) is 12.3. The molecule has 0 heterocycles. The molecule has 0 atom stereocenters. The van der Waals surface area contributed by atoms with Gasteiger partial charge in [0.05, 0.1) is 0 Å². The zero-order chi connectivity index (χ0) is 36.2. The van der Waals surface area contributed by atoms with E-state index < -0.39 is 7.94 Å². The second-order valence-corrected chi connectivity index (χ2v) is 16.4. The summed E-state index contributed by atoms with van der Waals surface area (Å²) in [5, 5.41) is 0.861. The molecule has 0 bridgehead atoms. The topological polar surface area (TPSA) is 44.8 Å². The molecule has 282 valence electrons. The molecule has 0 aliphatic carbocycles. The third kappa shape index (κ3) is 16.2. The zero-order valence-electron chi connectivity index (χ0n) is 32.6. The first-order valence-corrected chi connectivity index (χ1v) is 22.4. The summed E-state index contributed by atoms with van der Waals surface area (Å²) in [5.74, 6) is 1.49. The fourth-order valence-corrected chi connectivity index (χ4v) is 9.17. The Morgan fingerprint density at radius 2 is 0.765 bits per heavy atom. The van der Waals surface area contributed by atoms with Crippen LogP contribution in [0.25, 0.3) is 0 Å². The molecule has 0 fully saturated rings. The minimum atomic E-state index is -3.44. The van der Waals surface area contributed by atoms with Gasteiger partial charge in [0.25, 0.3) is 0 Å². The Labute approximate surface area is 313 Å². The number of benzene rings is 3. The Bertz CT molecular complexity index is 1260. The van der Waals surface area contributed by atoms with Crippen LogP contribution in [0.4, 0.5) is 0 Å². The van der Waals surface area contributed by atoms with E-state index >= 15 is 0 Å². The van der Waals surface area contributed by atoms with E-state index in [9.17, 15) is 4.79 Å². The van der Waals surface area contributed by atoms with Crippen LogP contribution in [0.2, 0.25) is 0 Å². The molecular formula is C46H70O4P+. The van der Waals surface area contributed by atoms with E-state index in [0.29, 0.717) is 6.47 Å². The highest BCUT2D eigenvalue weighted by atomic mass is 31.2. The Morgan fingerprint density at radius 3 is 1.18 bits per heavy atom. The van der Waals surface area contributed by atoms with Crippen molar-refractivity contribution in [1.29, 1.82) is 0 Å². The second kappa shape index (κ2) is 26.9. The van der Waals surface area contributed by atoms with Gasteiger partial charge in [-0.3, -0.25) is 13.8 Å². The minimum absolute atomic E-state index is 0.538. The van der Waals surface area contributed by atoms with Gasteiger partial charge in [0.2, 0.25) is 5.30 Å². The van der Waals surface area contributed by atoms with Gasteiger partial charge in [-0.1, -0.05) is 191 Å². The molecule has 0 radical (unpaired) electrons. The maximum Gasteiger partial charge on any atom is 0.583 e. The van der Waals surface area contributed by atoms with E-state index in [1.807, 2.05) is 30.3 Å². The lowest BCUT2D eigenvalue weighted by atomic mass is 10.0. The maximum absolute atomic E-state index is 12.5. The second-order valence-electron chi connectivity index (χ2n) is 14.3. The Morgan fingerprint density at radius 1 is 0.431 bits per heavy atom. The van der Waals surface area contributed by atoms with Gasteiger partial charge in [0, 0.05) is 5.56 Å². The van der Waals surface area contributed by atoms with Crippen molar-refractivity contribution in [2.45, 2.75) is 175 Å². The number of hydrogen-bond donors (Lipinski definition) is 0. The van der Waals surface area contributed by atoms with E-state index in [4.69, 9.17) is 13.6 Å². The van der Waals surface area contributed by atoms with Gasteiger partial charge in [-0.25, -0.2) is 4.52 Å². The predicted molar refractivity (Wildman–Crippen MR) is 219 cm³/mol. The highest BCUT2D eigenvalue weighted by Crippen LogP contribution is 2.61. The summed E-state index contributed by atoms with van der Waals surface area (Å²) < 4.78 is 20.3. The normalized spacial score (nSPS) is 11.4. The van der Waals surface area contributed by atoms with Crippen LogP contribution in [0.5, 0.6) is 11.5 Å². The Balaban J connectivity index is 1.90. The average Bonchev–Trinajstić information content (AvgIpc) is 3.15. The molecule has 0 saturated carbocycles. The van der Waals surface area contributed by atoms with Crippen LogP contribution >= 0.6 is 7.94 Å². The monoisotopic (exact) mass is 718 g/mol. The highest BCUT2D eigenvalue weighted by Gasteiger charge is 2.55. The van der Waals surface area contributed by atoms with Crippen molar-refractivity contribution in [3.05, 3.63) is 89.5 Å². The maximum atomic E-state index is 12.5. The Kier molecular flexibility index (Phi) is 22.4. The standard InChI is InChI=1S/C46H70O4P/c1-4-7-10-13-16-19-22-31-41-33-25-28-37-44(41)49-51(48-40-47,46-39-30-27-36-43(46)35-24-21-18-15-12-9-6-3)50-45-38-29-26-34-42(45)32-23-20-17-14-11-8-5-2/h25-30,33-34,36-40H,4-24,31-32,35H2,1-3H3/q+1. The number of rotatable bonds is 31. The van der Waals surface area contributed by atoms with Gasteiger partial charge >= 0.3 is 14.4 Å². The zero-order valence-corrected chi connectivity index (χ0v) is 33.5. The van der Waals surface area contributed by atoms with Crippen molar-refractivity contribution < 1.29 is 18.4 Å². The van der Waals surface area contributed by atoms with Crippen LogP contribution in [0, 0.1) is 0 Å². The van der Waals surface area contributed by atoms with Crippen molar-refractivity contribution in [1.82, 2.24) is 0 Å². The summed E-state index contributed by atoms with van der Waals surface area (Å²) in [7, 11) is -3.44. The summed E-state index contributed by atoms with van der Waals surface area (Å²) in [6.45, 7) is 7.33. The first-order chi connectivity index (χ1) is 25.2. The van der Waals surface area contributed by atoms with Crippen molar-refractivity contribution in [3.63, 3.8) is 0 Å². The summed E-state index contributed by atoms with van der Waals surface area (Å²) in [5.41, 5.74) is 3.40. The minimum Gasteiger partial charge on any atom is -0.267 e. The molecule has 51 heavy (non-hydrogen) atoms. The van der Waals surface area contributed by atoms with Crippen LogP contribution in [0.1, 0.15) is 172 Å². The predicted octanol–water partition coefficient (Wildman–Crippen LogP) is 14.3. The van der Waals surface area contributed by atoms with Gasteiger partial charge < -0.3 is 0 Å². The highest BCUT2D eigenvalue weighted by molar-refractivity contribution is 7.70. The van der Waals surface area contributed by atoms with Gasteiger partial charge in [0.15, 0.2) is 11.5 Å². The van der Waals surface area contributed by atoms with Gasteiger partial charge in [-0.15, -0.1) is 0 Å². The Hall–Kier alpha value is -2.84. The molecule has 3 aromatic carbocycles. The van der Waals surface area contributed by atoms with Crippen LogP contribution in [-0.2, 0) is 28.6 Å². The van der Waals surface area contributed by atoms with Crippen LogP contribution in [0.3, 0.4) is 0 Å². The lowest BCUT2D eigenvalue weighted by Gasteiger charge is -2.24. The molecule has 4 nitrogen and oxygen atoms in total. The van der Waals surface area contributed by atoms with Crippen molar-refractivity contribution in [2.75, 3.05) is 0 Å². The number of unbranched alkanes of at least 4 members (excludes halogenated alkanes) is 18. The number of para-hydroxylation sites is 2. The molecular weight excluding hydrogens is 647 g/mol. The SMILES string of the molecule is CCCCCCCCCc1ccccc1O[P+](OC=O)(Oc1ccccc1CCCCCCCCC)c1ccccc1CCCCCCCCC. The molecule has 0 N–H and O–H groups in total. The van der Waals surface area contributed by atoms with E-state index in [2.05, 4.69) is 63.2 Å². The van der Waals surface area contributed by atoms with Gasteiger partial charge in [-0.05, 0) is 67.9 Å². The summed E-state index contributed by atoms with van der Waals surface area (Å²) in [6.07, 6.45) is 29.0. The third-order valence-electron chi connectivity index (χ3n) is 10.00. The molecule has 0 saturated heterocycles. The average molecular weight is 718 g/mol. The quantitative estimate of drug-likeness (QED) is 0.0378. The smallest absolute Gasteiger partial charge is 0.267 e. The van der Waals surface area contributed by atoms with Gasteiger partial charge in [-0.2, -0.15) is 0 Å². The number of carbonyl (C=O) groups excluding carboxylic acids is 1. The number of carbonyl (C=O) groups is 1. The first-order valence-electron chi connectivity index (χ1n) is 20.8. The van der Waals surface area contributed by atoms with E-state index in [0.717, 1.165) is 72.0 Å². The molecule has 0 spiro atoms. The molecule has 0 aliphatic heterocycles. The number of hydrogen-bond acceptors (Lipinski definition) is 4. The fourth-order valence-electron chi connectivity index (χ4n) is 6.94. The molecule has 5 heteroatoms. The molecule has 0 amide bonds. The van der Waals surface area contributed by atoms with Crippen molar-refractivity contribution in [3.8, 4) is 11.5 Å². The number of aryl methyl sites for hydroxylation is 3. The first kappa shape index (κ1) is 42.6. The molecule has 0 aliphatic rings. The van der Waals surface area contributed by atoms with Crippen molar-refractivity contribution >= 4 is 19.7 Å². The molecule has 0 aromatic heterocycles. The van der Waals surface area contributed by atoms with Gasteiger partial charge in [0.1, 0.15) is 0 Å². The summed E-state index contributed by atoms with van der Waals surface area (Å²) in [6, 6.07) is 24.9. The van der Waals surface area contributed by atoms with Crippen LogP contribution in [0.15, 0.2) is 72.8 Å². The molecule has 0 unspecified atom stereocenters.